The molecule has 0 unspecified atom stereocenters. The third-order valence-electron chi connectivity index (χ3n) is 3.38. The molecule has 0 spiro atoms. The summed E-state index contributed by atoms with van der Waals surface area (Å²) in [6, 6.07) is 8.29. The van der Waals surface area contributed by atoms with Crippen LogP contribution in [0.15, 0.2) is 24.3 Å². The Morgan fingerprint density at radius 3 is 2.69 bits per heavy atom. The van der Waals surface area contributed by atoms with Gasteiger partial charge in [0.2, 0.25) is 0 Å². The number of nitrogens with one attached hydrogen (secondary N) is 1. The van der Waals surface area contributed by atoms with Crippen LogP contribution in [0.4, 0.5) is 0 Å². The number of hydrogen-bond acceptors (Lipinski definition) is 2. The van der Waals surface area contributed by atoms with Crippen LogP contribution in [0, 0.1) is 0 Å². The van der Waals surface area contributed by atoms with Gasteiger partial charge in [-0.1, -0.05) is 29.8 Å². The van der Waals surface area contributed by atoms with E-state index >= 15 is 0 Å². The van der Waals surface area contributed by atoms with Crippen molar-refractivity contribution in [3.8, 4) is 0 Å². The van der Waals surface area contributed by atoms with Crippen molar-refractivity contribution in [2.45, 2.75) is 18.3 Å². The first-order valence-electron chi connectivity index (χ1n) is 5.73. The zero-order valence-corrected chi connectivity index (χ0v) is 11.2. The molecule has 1 aliphatic heterocycles. The van der Waals surface area contributed by atoms with Gasteiger partial charge in [-0.2, -0.15) is 11.8 Å². The van der Waals surface area contributed by atoms with E-state index in [4.69, 9.17) is 11.6 Å². The summed E-state index contributed by atoms with van der Waals surface area (Å²) in [6.45, 7) is 2.15. The largest absolute Gasteiger partial charge is 0.315 e. The SMILES string of the molecule is CSCCCC1(c2ccccc2Cl)CNC1. The van der Waals surface area contributed by atoms with Gasteiger partial charge in [0.15, 0.2) is 0 Å². The number of hydrogen-bond donors (Lipinski definition) is 1. The standard InChI is InChI=1S/C13H18ClNS/c1-16-8-4-7-13(9-15-10-13)11-5-2-3-6-12(11)14/h2-3,5-6,15H,4,7-10H2,1H3. The van der Waals surface area contributed by atoms with E-state index in [1.807, 2.05) is 23.9 Å². The summed E-state index contributed by atoms with van der Waals surface area (Å²) in [5, 5.41) is 4.31. The summed E-state index contributed by atoms with van der Waals surface area (Å²) in [6.07, 6.45) is 4.68. The molecule has 1 aromatic rings. The minimum absolute atomic E-state index is 0.300. The first kappa shape index (κ1) is 12.3. The molecule has 0 aliphatic carbocycles. The minimum Gasteiger partial charge on any atom is -0.315 e. The molecule has 1 aliphatic rings. The summed E-state index contributed by atoms with van der Waals surface area (Å²) in [7, 11) is 0. The van der Waals surface area contributed by atoms with Crippen LogP contribution in [0.5, 0.6) is 0 Å². The van der Waals surface area contributed by atoms with Crippen molar-refractivity contribution in [1.29, 1.82) is 0 Å². The molecule has 0 aromatic heterocycles. The minimum atomic E-state index is 0.300. The molecule has 1 N–H and O–H groups in total. The lowest BCUT2D eigenvalue weighted by atomic mass is 9.72. The summed E-state index contributed by atoms with van der Waals surface area (Å²) in [4.78, 5) is 0. The second-order valence-electron chi connectivity index (χ2n) is 4.46. The average molecular weight is 256 g/mol. The highest BCUT2D eigenvalue weighted by molar-refractivity contribution is 7.98. The Labute approximate surface area is 107 Å². The van der Waals surface area contributed by atoms with E-state index in [0.717, 1.165) is 18.1 Å². The molecule has 3 heteroatoms. The molecule has 1 saturated heterocycles. The maximum absolute atomic E-state index is 6.30. The van der Waals surface area contributed by atoms with Gasteiger partial charge in [-0.3, -0.25) is 0 Å². The summed E-state index contributed by atoms with van der Waals surface area (Å²) >= 11 is 8.22. The highest BCUT2D eigenvalue weighted by Gasteiger charge is 2.39. The Bertz CT molecular complexity index is 350. The van der Waals surface area contributed by atoms with E-state index in [1.165, 1.54) is 24.2 Å². The Balaban J connectivity index is 2.12. The molecular weight excluding hydrogens is 238 g/mol. The van der Waals surface area contributed by atoms with Crippen LogP contribution in [-0.2, 0) is 5.41 Å². The fourth-order valence-electron chi connectivity index (χ4n) is 2.37. The maximum atomic E-state index is 6.30. The molecule has 1 aromatic carbocycles. The molecule has 1 heterocycles. The van der Waals surface area contributed by atoms with Gasteiger partial charge in [0.1, 0.15) is 0 Å². The lowest BCUT2D eigenvalue weighted by Crippen LogP contribution is -2.56. The van der Waals surface area contributed by atoms with Gasteiger partial charge >= 0.3 is 0 Å². The maximum Gasteiger partial charge on any atom is 0.0444 e. The van der Waals surface area contributed by atoms with Gasteiger partial charge < -0.3 is 5.32 Å². The van der Waals surface area contributed by atoms with E-state index in [9.17, 15) is 0 Å². The number of rotatable bonds is 5. The van der Waals surface area contributed by atoms with Crippen LogP contribution in [0.25, 0.3) is 0 Å². The molecule has 88 valence electrons. The third-order valence-corrected chi connectivity index (χ3v) is 4.40. The van der Waals surface area contributed by atoms with Crippen LogP contribution in [0.2, 0.25) is 5.02 Å². The zero-order valence-electron chi connectivity index (χ0n) is 9.63. The average Bonchev–Trinajstić information content (AvgIpc) is 2.24. The Kier molecular flexibility index (Phi) is 4.17. The lowest BCUT2D eigenvalue weighted by Gasteiger charge is -2.44. The molecule has 0 radical (unpaired) electrons. The van der Waals surface area contributed by atoms with Crippen molar-refractivity contribution in [2.75, 3.05) is 25.1 Å². The van der Waals surface area contributed by atoms with Gasteiger partial charge in [0, 0.05) is 23.5 Å². The third kappa shape index (κ3) is 2.39. The molecular formula is C13H18ClNS. The topological polar surface area (TPSA) is 12.0 Å². The Morgan fingerprint density at radius 2 is 2.12 bits per heavy atom. The van der Waals surface area contributed by atoms with E-state index in [1.54, 1.807) is 0 Å². The number of benzene rings is 1. The number of thioether (sulfide) groups is 1. The Morgan fingerprint density at radius 1 is 1.38 bits per heavy atom. The van der Waals surface area contributed by atoms with Crippen LogP contribution in [0.1, 0.15) is 18.4 Å². The van der Waals surface area contributed by atoms with Crippen molar-refractivity contribution >= 4 is 23.4 Å². The van der Waals surface area contributed by atoms with Gasteiger partial charge in [-0.15, -0.1) is 0 Å². The van der Waals surface area contributed by atoms with Gasteiger partial charge in [-0.05, 0) is 36.5 Å². The molecule has 2 rings (SSSR count). The van der Waals surface area contributed by atoms with Crippen molar-refractivity contribution in [2.24, 2.45) is 0 Å². The predicted molar refractivity (Wildman–Crippen MR) is 73.6 cm³/mol. The van der Waals surface area contributed by atoms with Gasteiger partial charge in [0.05, 0.1) is 0 Å². The lowest BCUT2D eigenvalue weighted by molar-refractivity contribution is 0.256. The van der Waals surface area contributed by atoms with Crippen molar-refractivity contribution in [3.05, 3.63) is 34.9 Å². The van der Waals surface area contributed by atoms with E-state index in [2.05, 4.69) is 23.7 Å². The highest BCUT2D eigenvalue weighted by atomic mass is 35.5. The van der Waals surface area contributed by atoms with E-state index in [-0.39, 0.29) is 0 Å². The van der Waals surface area contributed by atoms with Crippen molar-refractivity contribution in [1.82, 2.24) is 5.32 Å². The Hall–Kier alpha value is -0.180. The number of halogens is 1. The quantitative estimate of drug-likeness (QED) is 0.810. The monoisotopic (exact) mass is 255 g/mol. The first-order chi connectivity index (χ1) is 7.78. The van der Waals surface area contributed by atoms with Gasteiger partial charge in [-0.25, -0.2) is 0 Å². The highest BCUT2D eigenvalue weighted by Crippen LogP contribution is 2.37. The predicted octanol–water partition coefficient (Wildman–Crippen LogP) is 3.32. The van der Waals surface area contributed by atoms with Crippen LogP contribution in [0.3, 0.4) is 0 Å². The first-order valence-corrected chi connectivity index (χ1v) is 7.50. The second kappa shape index (κ2) is 5.44. The van der Waals surface area contributed by atoms with Crippen LogP contribution >= 0.6 is 23.4 Å². The fourth-order valence-corrected chi connectivity index (χ4v) is 3.14. The van der Waals surface area contributed by atoms with Crippen molar-refractivity contribution in [3.63, 3.8) is 0 Å². The molecule has 0 saturated carbocycles. The van der Waals surface area contributed by atoms with E-state index in [0.29, 0.717) is 5.41 Å². The molecule has 1 nitrogen and oxygen atoms in total. The second-order valence-corrected chi connectivity index (χ2v) is 5.85. The van der Waals surface area contributed by atoms with E-state index < -0.39 is 0 Å². The zero-order chi connectivity index (χ0) is 11.4. The molecule has 0 atom stereocenters. The smallest absolute Gasteiger partial charge is 0.0444 e. The summed E-state index contributed by atoms with van der Waals surface area (Å²) in [5.41, 5.74) is 1.63. The van der Waals surface area contributed by atoms with Crippen LogP contribution < -0.4 is 5.32 Å². The molecule has 0 bridgehead atoms. The fraction of sp³-hybridized carbons (Fsp3) is 0.538. The molecule has 1 fully saturated rings. The normalized spacial score (nSPS) is 18.1. The molecule has 16 heavy (non-hydrogen) atoms. The van der Waals surface area contributed by atoms with Crippen molar-refractivity contribution < 1.29 is 0 Å². The summed E-state index contributed by atoms with van der Waals surface area (Å²) < 4.78 is 0. The van der Waals surface area contributed by atoms with Gasteiger partial charge in [0.25, 0.3) is 0 Å². The summed E-state index contributed by atoms with van der Waals surface area (Å²) in [5.74, 6) is 1.24. The molecule has 0 amide bonds. The van der Waals surface area contributed by atoms with Crippen LogP contribution in [-0.4, -0.2) is 25.1 Å².